The van der Waals surface area contributed by atoms with Crippen LogP contribution < -0.4 is 0 Å². The Balaban J connectivity index is 1.69. The van der Waals surface area contributed by atoms with Crippen molar-refractivity contribution in [3.8, 4) is 0 Å². The fraction of sp³-hybridized carbons (Fsp3) is 0.963. The summed E-state index contributed by atoms with van der Waals surface area (Å²) in [4.78, 5) is 12.8. The maximum Gasteiger partial charge on any atom is 0.136 e. The predicted molar refractivity (Wildman–Crippen MR) is 124 cm³/mol. The zero-order valence-corrected chi connectivity index (χ0v) is 20.2. The zero-order chi connectivity index (χ0) is 21.4. The summed E-state index contributed by atoms with van der Waals surface area (Å²) in [7, 11) is 0. The third-order valence-electron chi connectivity index (χ3n) is 8.45. The summed E-state index contributed by atoms with van der Waals surface area (Å²) in [5.41, 5.74) is 0. The van der Waals surface area contributed by atoms with Crippen LogP contribution in [0.3, 0.4) is 0 Å². The van der Waals surface area contributed by atoms with Gasteiger partial charge in [0.05, 0.1) is 6.10 Å². The number of rotatable bonds is 11. The van der Waals surface area contributed by atoms with E-state index in [-0.39, 0.29) is 6.10 Å². The van der Waals surface area contributed by atoms with Gasteiger partial charge in [-0.3, -0.25) is 4.79 Å². The number of aliphatic hydroxyl groups excluding tert-OH is 1. The molecule has 0 aliphatic heterocycles. The highest BCUT2D eigenvalue weighted by atomic mass is 16.3. The van der Waals surface area contributed by atoms with Crippen LogP contribution in [0, 0.1) is 41.4 Å². The SMILES string of the molecule is CC1CCC(C(=O)CC(CCCC(O)C(C)C[C@H]2CC[C@@H](C)CC2)C(C)C)CC1. The van der Waals surface area contributed by atoms with Crippen molar-refractivity contribution >= 4 is 5.78 Å². The summed E-state index contributed by atoms with van der Waals surface area (Å²) in [6, 6.07) is 0. The molecular weight excluding hydrogens is 356 g/mol. The minimum Gasteiger partial charge on any atom is -0.393 e. The molecule has 0 saturated heterocycles. The van der Waals surface area contributed by atoms with E-state index in [1.54, 1.807) is 0 Å². The van der Waals surface area contributed by atoms with E-state index < -0.39 is 0 Å². The van der Waals surface area contributed by atoms with E-state index in [2.05, 4.69) is 34.6 Å². The van der Waals surface area contributed by atoms with Gasteiger partial charge in [-0.05, 0) is 67.6 Å². The third kappa shape index (κ3) is 8.72. The van der Waals surface area contributed by atoms with Crippen molar-refractivity contribution in [1.29, 1.82) is 0 Å². The third-order valence-corrected chi connectivity index (χ3v) is 8.45. The van der Waals surface area contributed by atoms with Gasteiger partial charge in [-0.15, -0.1) is 0 Å². The molecule has 2 aliphatic rings. The first-order valence-electron chi connectivity index (χ1n) is 13.0. The van der Waals surface area contributed by atoms with Gasteiger partial charge in [-0.1, -0.05) is 79.6 Å². The van der Waals surface area contributed by atoms with Crippen molar-refractivity contribution in [3.63, 3.8) is 0 Å². The van der Waals surface area contributed by atoms with E-state index in [0.717, 1.165) is 56.3 Å². The number of carbonyl (C=O) groups is 1. The maximum absolute atomic E-state index is 12.8. The van der Waals surface area contributed by atoms with Crippen molar-refractivity contribution in [2.45, 2.75) is 124 Å². The van der Waals surface area contributed by atoms with Gasteiger partial charge < -0.3 is 5.11 Å². The highest BCUT2D eigenvalue weighted by Gasteiger charge is 2.28. The molecule has 0 heterocycles. The summed E-state index contributed by atoms with van der Waals surface area (Å²) in [5.74, 6) is 4.85. The quantitative estimate of drug-likeness (QED) is 0.387. The van der Waals surface area contributed by atoms with Crippen molar-refractivity contribution in [3.05, 3.63) is 0 Å². The normalized spacial score (nSPS) is 31.4. The average Bonchev–Trinajstić information content (AvgIpc) is 2.69. The minimum atomic E-state index is -0.169. The Hall–Kier alpha value is -0.370. The molecule has 2 saturated carbocycles. The fourth-order valence-corrected chi connectivity index (χ4v) is 5.80. The van der Waals surface area contributed by atoms with Gasteiger partial charge in [0.1, 0.15) is 5.78 Å². The molecular formula is C27H50O2. The van der Waals surface area contributed by atoms with Gasteiger partial charge in [0.15, 0.2) is 0 Å². The number of carbonyl (C=O) groups excluding carboxylic acids is 1. The van der Waals surface area contributed by atoms with E-state index in [0.29, 0.717) is 29.5 Å². The minimum absolute atomic E-state index is 0.169. The molecule has 0 aromatic heterocycles. The van der Waals surface area contributed by atoms with Gasteiger partial charge in [-0.25, -0.2) is 0 Å². The highest BCUT2D eigenvalue weighted by molar-refractivity contribution is 5.81. The van der Waals surface area contributed by atoms with E-state index in [4.69, 9.17) is 0 Å². The number of Topliss-reactive ketones (excluding diaryl/α,β-unsaturated/α-hetero) is 1. The first-order chi connectivity index (χ1) is 13.8. The average molecular weight is 407 g/mol. The molecule has 29 heavy (non-hydrogen) atoms. The van der Waals surface area contributed by atoms with Gasteiger partial charge in [0.25, 0.3) is 0 Å². The Labute approximate surface area is 181 Å². The maximum atomic E-state index is 12.8. The number of aliphatic hydroxyl groups is 1. The van der Waals surface area contributed by atoms with Crippen molar-refractivity contribution in [2.24, 2.45) is 41.4 Å². The van der Waals surface area contributed by atoms with E-state index in [9.17, 15) is 9.90 Å². The Morgan fingerprint density at radius 3 is 1.97 bits per heavy atom. The first kappa shape index (κ1) is 24.9. The van der Waals surface area contributed by atoms with Crippen molar-refractivity contribution in [2.75, 3.05) is 0 Å². The first-order valence-corrected chi connectivity index (χ1v) is 13.0. The molecule has 3 unspecified atom stereocenters. The molecule has 2 rings (SSSR count). The van der Waals surface area contributed by atoms with Crippen LogP contribution in [0.25, 0.3) is 0 Å². The van der Waals surface area contributed by atoms with E-state index >= 15 is 0 Å². The molecule has 3 atom stereocenters. The summed E-state index contributed by atoms with van der Waals surface area (Å²) in [5, 5.41) is 10.7. The van der Waals surface area contributed by atoms with E-state index in [1.807, 2.05) is 0 Å². The number of hydrogen-bond acceptors (Lipinski definition) is 2. The Kier molecular flexibility index (Phi) is 10.7. The standard InChI is InChI=1S/C27H50O2/c1-19(2)25(18-27(29)24-15-11-21(4)12-16-24)7-6-8-26(28)22(5)17-23-13-9-20(3)10-14-23/h19-26,28H,6-18H2,1-5H3/t20-,21?,22?,23+,24?,25?,26?. The molecule has 2 aliphatic carbocycles. The molecule has 0 spiro atoms. The van der Waals surface area contributed by atoms with Gasteiger partial charge >= 0.3 is 0 Å². The Morgan fingerprint density at radius 2 is 1.41 bits per heavy atom. The Bertz CT molecular complexity index is 455. The molecule has 2 nitrogen and oxygen atoms in total. The smallest absolute Gasteiger partial charge is 0.136 e. The highest BCUT2D eigenvalue weighted by Crippen LogP contribution is 2.35. The Morgan fingerprint density at radius 1 is 0.862 bits per heavy atom. The lowest BCUT2D eigenvalue weighted by Crippen LogP contribution is -2.25. The molecule has 0 amide bonds. The second-order valence-electron chi connectivity index (χ2n) is 11.5. The van der Waals surface area contributed by atoms with Crippen LogP contribution in [0.2, 0.25) is 0 Å². The van der Waals surface area contributed by atoms with Crippen LogP contribution >= 0.6 is 0 Å². The summed E-state index contributed by atoms with van der Waals surface area (Å²) in [6.07, 6.45) is 15.0. The molecule has 1 N–H and O–H groups in total. The van der Waals surface area contributed by atoms with Gasteiger partial charge in [0.2, 0.25) is 0 Å². The second-order valence-corrected chi connectivity index (χ2v) is 11.5. The lowest BCUT2D eigenvalue weighted by molar-refractivity contribution is -0.125. The van der Waals surface area contributed by atoms with Crippen LogP contribution in [0.1, 0.15) is 118 Å². The lowest BCUT2D eigenvalue weighted by atomic mass is 9.76. The number of ketones is 1. The molecule has 0 radical (unpaired) electrons. The fourth-order valence-electron chi connectivity index (χ4n) is 5.80. The van der Waals surface area contributed by atoms with Crippen molar-refractivity contribution < 1.29 is 9.90 Å². The predicted octanol–water partition coefficient (Wildman–Crippen LogP) is 7.43. The van der Waals surface area contributed by atoms with Crippen LogP contribution in [0.15, 0.2) is 0 Å². The van der Waals surface area contributed by atoms with E-state index in [1.165, 1.54) is 44.9 Å². The lowest BCUT2D eigenvalue weighted by Gasteiger charge is -2.30. The molecule has 170 valence electrons. The van der Waals surface area contributed by atoms with Gasteiger partial charge in [0, 0.05) is 12.3 Å². The summed E-state index contributed by atoms with van der Waals surface area (Å²) >= 11 is 0. The van der Waals surface area contributed by atoms with Crippen molar-refractivity contribution in [1.82, 2.24) is 0 Å². The molecule has 0 aromatic rings. The zero-order valence-electron chi connectivity index (χ0n) is 20.2. The summed E-state index contributed by atoms with van der Waals surface area (Å²) < 4.78 is 0. The van der Waals surface area contributed by atoms with Crippen LogP contribution in [-0.2, 0) is 4.79 Å². The summed E-state index contributed by atoms with van der Waals surface area (Å²) in [6.45, 7) is 11.5. The molecule has 0 bridgehead atoms. The molecule has 0 aromatic carbocycles. The largest absolute Gasteiger partial charge is 0.393 e. The van der Waals surface area contributed by atoms with Crippen LogP contribution in [-0.4, -0.2) is 17.0 Å². The number of hydrogen-bond donors (Lipinski definition) is 1. The monoisotopic (exact) mass is 406 g/mol. The molecule has 2 fully saturated rings. The van der Waals surface area contributed by atoms with Crippen LogP contribution in [0.4, 0.5) is 0 Å². The van der Waals surface area contributed by atoms with Gasteiger partial charge in [-0.2, -0.15) is 0 Å². The second kappa shape index (κ2) is 12.5. The van der Waals surface area contributed by atoms with Crippen LogP contribution in [0.5, 0.6) is 0 Å². The topological polar surface area (TPSA) is 37.3 Å². The molecule has 2 heteroatoms.